The minimum absolute atomic E-state index is 0.124. The summed E-state index contributed by atoms with van der Waals surface area (Å²) in [7, 11) is 0. The van der Waals surface area contributed by atoms with Crippen LogP contribution in [0.2, 0.25) is 0 Å². The number of benzene rings is 1. The van der Waals surface area contributed by atoms with Gasteiger partial charge in [-0.25, -0.2) is 4.39 Å². The number of nitrogens with zero attached hydrogens (tertiary/aromatic N) is 2. The van der Waals surface area contributed by atoms with Crippen molar-refractivity contribution in [2.45, 2.75) is 50.9 Å². The standard InChI is InChI=1S/C16H20FN3O/c17-13-10-12(8-9-14(13)18)16-19-15(20-21-16)11-6-4-2-1-3-5-7-11/h8-11H,1-7,18H2. The first kappa shape index (κ1) is 14.0. The average molecular weight is 289 g/mol. The normalized spacial score (nSPS) is 17.4. The summed E-state index contributed by atoms with van der Waals surface area (Å²) < 4.78 is 18.8. The van der Waals surface area contributed by atoms with Gasteiger partial charge in [-0.3, -0.25) is 0 Å². The van der Waals surface area contributed by atoms with Crippen molar-refractivity contribution in [1.82, 2.24) is 10.1 Å². The topological polar surface area (TPSA) is 64.9 Å². The molecular weight excluding hydrogens is 269 g/mol. The number of rotatable bonds is 2. The van der Waals surface area contributed by atoms with E-state index in [2.05, 4.69) is 10.1 Å². The molecule has 0 amide bonds. The number of halogens is 1. The van der Waals surface area contributed by atoms with Gasteiger partial charge in [-0.15, -0.1) is 0 Å². The second kappa shape index (κ2) is 6.24. The summed E-state index contributed by atoms with van der Waals surface area (Å²) in [6.07, 6.45) is 8.53. The van der Waals surface area contributed by atoms with Crippen molar-refractivity contribution in [3.63, 3.8) is 0 Å². The number of nitrogens with two attached hydrogens (primary N) is 1. The van der Waals surface area contributed by atoms with Gasteiger partial charge in [0.25, 0.3) is 5.89 Å². The highest BCUT2D eigenvalue weighted by Crippen LogP contribution is 2.30. The quantitative estimate of drug-likeness (QED) is 0.838. The second-order valence-corrected chi connectivity index (χ2v) is 5.74. The molecule has 0 bridgehead atoms. The van der Waals surface area contributed by atoms with Crippen LogP contribution in [0, 0.1) is 5.82 Å². The Labute approximate surface area is 123 Å². The summed E-state index contributed by atoms with van der Waals surface area (Å²) in [6.45, 7) is 0. The smallest absolute Gasteiger partial charge is 0.258 e. The molecule has 0 aliphatic heterocycles. The third-order valence-corrected chi connectivity index (χ3v) is 4.16. The first-order chi connectivity index (χ1) is 10.2. The lowest BCUT2D eigenvalue weighted by Gasteiger charge is -2.15. The molecule has 2 N–H and O–H groups in total. The highest BCUT2D eigenvalue weighted by Gasteiger charge is 2.20. The third-order valence-electron chi connectivity index (χ3n) is 4.16. The van der Waals surface area contributed by atoms with Crippen molar-refractivity contribution in [2.24, 2.45) is 0 Å². The van der Waals surface area contributed by atoms with Crippen molar-refractivity contribution < 1.29 is 8.91 Å². The molecule has 5 heteroatoms. The van der Waals surface area contributed by atoms with Gasteiger partial charge in [0.05, 0.1) is 5.69 Å². The van der Waals surface area contributed by atoms with Gasteiger partial charge in [-0.1, -0.05) is 37.3 Å². The predicted octanol–water partition coefficient (Wildman–Crippen LogP) is 4.29. The van der Waals surface area contributed by atoms with Gasteiger partial charge >= 0.3 is 0 Å². The molecule has 1 aliphatic carbocycles. The van der Waals surface area contributed by atoms with E-state index in [9.17, 15) is 4.39 Å². The largest absolute Gasteiger partial charge is 0.396 e. The van der Waals surface area contributed by atoms with Gasteiger partial charge in [0.15, 0.2) is 5.82 Å². The Balaban J connectivity index is 1.79. The van der Waals surface area contributed by atoms with Gasteiger partial charge < -0.3 is 10.3 Å². The van der Waals surface area contributed by atoms with E-state index < -0.39 is 5.82 Å². The Bertz CT molecular complexity index is 603. The summed E-state index contributed by atoms with van der Waals surface area (Å²) in [6, 6.07) is 4.56. The average Bonchev–Trinajstić information content (AvgIpc) is 2.91. The van der Waals surface area contributed by atoms with Gasteiger partial charge in [0, 0.05) is 11.5 Å². The van der Waals surface area contributed by atoms with E-state index >= 15 is 0 Å². The minimum Gasteiger partial charge on any atom is -0.396 e. The highest BCUT2D eigenvalue weighted by molar-refractivity contribution is 5.57. The van der Waals surface area contributed by atoms with Crippen LogP contribution in [0.25, 0.3) is 11.5 Å². The summed E-state index contributed by atoms with van der Waals surface area (Å²) in [4.78, 5) is 4.46. The fourth-order valence-corrected chi connectivity index (χ4v) is 2.89. The summed E-state index contributed by atoms with van der Waals surface area (Å²) in [5, 5.41) is 4.10. The molecule has 2 aromatic rings. The van der Waals surface area contributed by atoms with Crippen LogP contribution in [0.15, 0.2) is 22.7 Å². The first-order valence-electron chi connectivity index (χ1n) is 7.63. The number of hydrogen-bond donors (Lipinski definition) is 1. The molecule has 0 saturated heterocycles. The van der Waals surface area contributed by atoms with E-state index in [-0.39, 0.29) is 5.69 Å². The van der Waals surface area contributed by atoms with E-state index in [1.165, 1.54) is 44.2 Å². The Morgan fingerprint density at radius 2 is 1.81 bits per heavy atom. The molecule has 3 rings (SSSR count). The summed E-state index contributed by atoms with van der Waals surface area (Å²) in [5.74, 6) is 1.02. The third kappa shape index (κ3) is 3.23. The van der Waals surface area contributed by atoms with Crippen LogP contribution in [0.1, 0.15) is 56.7 Å². The highest BCUT2D eigenvalue weighted by atomic mass is 19.1. The van der Waals surface area contributed by atoms with Gasteiger partial charge in [0.2, 0.25) is 0 Å². The van der Waals surface area contributed by atoms with E-state index in [0.29, 0.717) is 17.4 Å². The van der Waals surface area contributed by atoms with Crippen LogP contribution < -0.4 is 5.73 Å². The SMILES string of the molecule is Nc1ccc(-c2nc(C3CCCCCCC3)no2)cc1F. The molecule has 4 nitrogen and oxygen atoms in total. The van der Waals surface area contributed by atoms with Crippen LogP contribution in [0.3, 0.4) is 0 Å². The number of aromatic nitrogens is 2. The molecule has 1 fully saturated rings. The zero-order valence-electron chi connectivity index (χ0n) is 12.0. The molecule has 112 valence electrons. The molecule has 1 aromatic heterocycles. The first-order valence-corrected chi connectivity index (χ1v) is 7.63. The lowest BCUT2D eigenvalue weighted by molar-refractivity contribution is 0.393. The van der Waals surface area contributed by atoms with Gasteiger partial charge in [-0.2, -0.15) is 4.98 Å². The van der Waals surface area contributed by atoms with Crippen molar-refractivity contribution in [1.29, 1.82) is 0 Å². The molecule has 1 heterocycles. The minimum atomic E-state index is -0.460. The molecule has 1 saturated carbocycles. The number of nitrogen functional groups attached to an aromatic ring is 1. The van der Waals surface area contributed by atoms with Gasteiger partial charge in [-0.05, 0) is 31.0 Å². The Kier molecular flexibility index (Phi) is 4.18. The molecule has 0 spiro atoms. The Hall–Kier alpha value is -1.91. The van der Waals surface area contributed by atoms with E-state index in [1.807, 2.05) is 0 Å². The molecule has 0 atom stereocenters. The molecule has 1 aromatic carbocycles. The lowest BCUT2D eigenvalue weighted by atomic mass is 9.91. The predicted molar refractivity (Wildman–Crippen MR) is 79.2 cm³/mol. The fourth-order valence-electron chi connectivity index (χ4n) is 2.89. The Morgan fingerprint density at radius 3 is 2.52 bits per heavy atom. The van der Waals surface area contributed by atoms with Crippen LogP contribution >= 0.6 is 0 Å². The molecular formula is C16H20FN3O. The lowest BCUT2D eigenvalue weighted by Crippen LogP contribution is -2.04. The summed E-state index contributed by atoms with van der Waals surface area (Å²) >= 11 is 0. The zero-order chi connectivity index (χ0) is 14.7. The molecule has 0 unspecified atom stereocenters. The zero-order valence-corrected chi connectivity index (χ0v) is 12.0. The molecule has 21 heavy (non-hydrogen) atoms. The number of anilines is 1. The van der Waals surface area contributed by atoms with Crippen LogP contribution in [-0.2, 0) is 0 Å². The van der Waals surface area contributed by atoms with Crippen molar-refractivity contribution in [3.8, 4) is 11.5 Å². The number of hydrogen-bond acceptors (Lipinski definition) is 4. The van der Waals surface area contributed by atoms with Gasteiger partial charge in [0.1, 0.15) is 5.82 Å². The van der Waals surface area contributed by atoms with E-state index in [1.54, 1.807) is 6.07 Å². The molecule has 1 aliphatic rings. The molecule has 0 radical (unpaired) electrons. The maximum Gasteiger partial charge on any atom is 0.258 e. The van der Waals surface area contributed by atoms with Crippen LogP contribution in [0.4, 0.5) is 10.1 Å². The Morgan fingerprint density at radius 1 is 1.10 bits per heavy atom. The van der Waals surface area contributed by atoms with Crippen LogP contribution in [0.5, 0.6) is 0 Å². The maximum absolute atomic E-state index is 13.5. The van der Waals surface area contributed by atoms with Crippen molar-refractivity contribution >= 4 is 5.69 Å². The van der Waals surface area contributed by atoms with Crippen molar-refractivity contribution in [3.05, 3.63) is 29.8 Å². The monoisotopic (exact) mass is 289 g/mol. The fraction of sp³-hybridized carbons (Fsp3) is 0.500. The van der Waals surface area contributed by atoms with Crippen molar-refractivity contribution in [2.75, 3.05) is 5.73 Å². The van der Waals surface area contributed by atoms with Crippen LogP contribution in [-0.4, -0.2) is 10.1 Å². The summed E-state index contributed by atoms with van der Waals surface area (Å²) in [5.41, 5.74) is 6.18. The van der Waals surface area contributed by atoms with E-state index in [4.69, 9.17) is 10.3 Å². The van der Waals surface area contributed by atoms with E-state index in [0.717, 1.165) is 18.7 Å². The second-order valence-electron chi connectivity index (χ2n) is 5.74. The maximum atomic E-state index is 13.5.